The minimum atomic E-state index is -1.48. The van der Waals surface area contributed by atoms with E-state index in [2.05, 4.69) is 11.4 Å². The van der Waals surface area contributed by atoms with Crippen molar-refractivity contribution >= 4 is 23.5 Å². The number of carbonyl (C=O) groups excluding carboxylic acids is 2. The molecule has 7 heteroatoms. The fraction of sp³-hybridized carbons (Fsp3) is 0.276. The minimum absolute atomic E-state index is 0.172. The highest BCUT2D eigenvalue weighted by Gasteiger charge is 2.35. The molecule has 0 aliphatic rings. The topological polar surface area (TPSA) is 79.2 Å². The fourth-order valence-corrected chi connectivity index (χ4v) is 4.09. The maximum atomic E-state index is 13.4. The van der Waals surface area contributed by atoms with Gasteiger partial charge in [0.2, 0.25) is 0 Å². The first-order valence-electron chi connectivity index (χ1n) is 11.5. The number of halogens is 2. The van der Waals surface area contributed by atoms with Crippen molar-refractivity contribution in [1.29, 1.82) is 5.26 Å². The van der Waals surface area contributed by atoms with Gasteiger partial charge in [-0.15, -0.1) is 0 Å². The first-order valence-corrected chi connectivity index (χ1v) is 11.9. The molecule has 0 bridgehead atoms. The fourth-order valence-electron chi connectivity index (χ4n) is 3.97. The zero-order chi connectivity index (χ0) is 26.5. The van der Waals surface area contributed by atoms with Crippen LogP contribution in [0.15, 0.2) is 66.7 Å². The van der Waals surface area contributed by atoms with Gasteiger partial charge in [0.05, 0.1) is 17.2 Å². The first kappa shape index (κ1) is 26.9. The Hall–Kier alpha value is -3.69. The van der Waals surface area contributed by atoms with Gasteiger partial charge >= 0.3 is 5.97 Å². The molecule has 3 rings (SSSR count). The molecule has 0 aliphatic carbocycles. The summed E-state index contributed by atoms with van der Waals surface area (Å²) in [5, 5.41) is 13.0. The van der Waals surface area contributed by atoms with Crippen molar-refractivity contribution in [2.24, 2.45) is 0 Å². The lowest BCUT2D eigenvalue weighted by Crippen LogP contribution is -2.50. The molecule has 0 heterocycles. The Morgan fingerprint density at radius 1 is 1.11 bits per heavy atom. The van der Waals surface area contributed by atoms with E-state index in [1.54, 1.807) is 13.0 Å². The van der Waals surface area contributed by atoms with Gasteiger partial charge in [0.1, 0.15) is 5.82 Å². The maximum Gasteiger partial charge on any atom is 0.339 e. The summed E-state index contributed by atoms with van der Waals surface area (Å²) in [6.45, 7) is 6.50. The van der Waals surface area contributed by atoms with Crippen LogP contribution in [0.1, 0.15) is 59.3 Å². The van der Waals surface area contributed by atoms with Gasteiger partial charge in [0.25, 0.3) is 5.91 Å². The molecule has 0 aliphatic heterocycles. The molecule has 36 heavy (non-hydrogen) atoms. The van der Waals surface area contributed by atoms with Crippen LogP contribution in [0.25, 0.3) is 0 Å². The van der Waals surface area contributed by atoms with E-state index in [9.17, 15) is 19.2 Å². The number of nitrogens with zero attached hydrogens (tertiary/aromatic N) is 1. The molecule has 0 saturated carbocycles. The van der Waals surface area contributed by atoms with E-state index in [4.69, 9.17) is 16.3 Å². The molecular weight excluding hydrogens is 479 g/mol. The molecule has 0 fully saturated rings. The van der Waals surface area contributed by atoms with Gasteiger partial charge in [-0.3, -0.25) is 4.79 Å². The largest absolute Gasteiger partial charge is 0.446 e. The second-order valence-electron chi connectivity index (χ2n) is 9.30. The molecule has 2 unspecified atom stereocenters. The minimum Gasteiger partial charge on any atom is -0.446 e. The number of rotatable bonds is 8. The van der Waals surface area contributed by atoms with Crippen molar-refractivity contribution in [2.45, 2.75) is 51.7 Å². The van der Waals surface area contributed by atoms with Crippen molar-refractivity contribution < 1.29 is 18.7 Å². The van der Waals surface area contributed by atoms with Crippen molar-refractivity contribution in [3.8, 4) is 6.07 Å². The summed E-state index contributed by atoms with van der Waals surface area (Å²) in [6, 6.07) is 20.3. The molecule has 0 radical (unpaired) electrons. The number of nitrogens with one attached hydrogen (secondary N) is 1. The first-order chi connectivity index (χ1) is 17.0. The maximum absolute atomic E-state index is 13.4. The van der Waals surface area contributed by atoms with Gasteiger partial charge in [0.15, 0.2) is 5.60 Å². The van der Waals surface area contributed by atoms with Crippen LogP contribution >= 0.6 is 11.6 Å². The molecule has 3 aromatic rings. The molecular formula is C29H28ClFN2O3. The molecule has 0 spiro atoms. The van der Waals surface area contributed by atoms with E-state index in [1.165, 1.54) is 32.0 Å². The number of carbonyl (C=O) groups is 2. The van der Waals surface area contributed by atoms with Crippen molar-refractivity contribution in [2.75, 3.05) is 0 Å². The quantitative estimate of drug-likeness (QED) is 0.373. The Morgan fingerprint density at radius 2 is 1.81 bits per heavy atom. The second-order valence-corrected chi connectivity index (χ2v) is 9.73. The van der Waals surface area contributed by atoms with E-state index in [0.29, 0.717) is 22.6 Å². The third-order valence-electron chi connectivity index (χ3n) is 6.08. The van der Waals surface area contributed by atoms with E-state index in [0.717, 1.165) is 11.1 Å². The number of hydrogen-bond donors (Lipinski definition) is 1. The van der Waals surface area contributed by atoms with Crippen LogP contribution in [0, 0.1) is 24.1 Å². The average molecular weight is 507 g/mol. The van der Waals surface area contributed by atoms with Crippen molar-refractivity contribution in [3.05, 3.63) is 105 Å². The zero-order valence-electron chi connectivity index (χ0n) is 20.6. The van der Waals surface area contributed by atoms with Gasteiger partial charge < -0.3 is 10.1 Å². The van der Waals surface area contributed by atoms with Gasteiger partial charge in [-0.05, 0) is 93.3 Å². The summed E-state index contributed by atoms with van der Waals surface area (Å²) in [7, 11) is 0. The summed E-state index contributed by atoms with van der Waals surface area (Å²) in [6.07, 6.45) is 0.586. The van der Waals surface area contributed by atoms with E-state index in [-0.39, 0.29) is 17.5 Å². The molecule has 1 N–H and O–H groups in total. The lowest BCUT2D eigenvalue weighted by Gasteiger charge is -2.30. The second kappa shape index (κ2) is 11.4. The summed E-state index contributed by atoms with van der Waals surface area (Å²) in [4.78, 5) is 25.9. The highest BCUT2D eigenvalue weighted by Crippen LogP contribution is 2.27. The number of esters is 1. The number of nitriles is 1. The van der Waals surface area contributed by atoms with Gasteiger partial charge in [-0.25, -0.2) is 9.18 Å². The highest BCUT2D eigenvalue weighted by molar-refractivity contribution is 6.30. The Bertz CT molecular complexity index is 1300. The molecule has 5 nitrogen and oxygen atoms in total. The Labute approximate surface area is 215 Å². The summed E-state index contributed by atoms with van der Waals surface area (Å²) in [5.74, 6) is -1.81. The monoisotopic (exact) mass is 506 g/mol. The molecule has 2 atom stereocenters. The third-order valence-corrected chi connectivity index (χ3v) is 6.33. The number of benzene rings is 3. The Morgan fingerprint density at radius 3 is 2.44 bits per heavy atom. The standard InChI is InChI=1S/C29H28ClFN2O3/c1-18-14-24(31)12-13-25(18)27(34)36-29(3,4)28(35)33-19(2)26(16-20-8-10-23(30)11-9-20)22-7-5-6-21(15-22)17-32/h5-15,19,26H,16H2,1-4H3,(H,33,35). The van der Waals surface area contributed by atoms with Gasteiger partial charge in [-0.1, -0.05) is 35.9 Å². The molecule has 186 valence electrons. The van der Waals surface area contributed by atoms with Crippen LogP contribution in [0.4, 0.5) is 4.39 Å². The third kappa shape index (κ3) is 6.71. The molecule has 1 amide bonds. The normalized spacial score (nSPS) is 12.8. The van der Waals surface area contributed by atoms with Crippen LogP contribution in [-0.4, -0.2) is 23.5 Å². The Balaban J connectivity index is 1.80. The van der Waals surface area contributed by atoms with Crippen LogP contribution in [-0.2, 0) is 16.0 Å². The van der Waals surface area contributed by atoms with E-state index < -0.39 is 23.3 Å². The number of amides is 1. The van der Waals surface area contributed by atoms with Gasteiger partial charge in [-0.2, -0.15) is 5.26 Å². The van der Waals surface area contributed by atoms with Crippen LogP contribution in [0.2, 0.25) is 5.02 Å². The zero-order valence-corrected chi connectivity index (χ0v) is 21.4. The van der Waals surface area contributed by atoms with E-state index >= 15 is 0 Å². The Kier molecular flexibility index (Phi) is 8.49. The van der Waals surface area contributed by atoms with E-state index in [1.807, 2.05) is 49.4 Å². The summed E-state index contributed by atoms with van der Waals surface area (Å²) < 4.78 is 18.9. The van der Waals surface area contributed by atoms with Crippen LogP contribution in [0.3, 0.4) is 0 Å². The summed E-state index contributed by atoms with van der Waals surface area (Å²) in [5.41, 5.74) is 1.57. The number of aryl methyl sites for hydroxylation is 1. The lowest BCUT2D eigenvalue weighted by atomic mass is 9.85. The van der Waals surface area contributed by atoms with Crippen molar-refractivity contribution in [1.82, 2.24) is 5.32 Å². The number of hydrogen-bond acceptors (Lipinski definition) is 4. The molecule has 3 aromatic carbocycles. The highest BCUT2D eigenvalue weighted by atomic mass is 35.5. The summed E-state index contributed by atoms with van der Waals surface area (Å²) >= 11 is 6.04. The number of ether oxygens (including phenoxy) is 1. The average Bonchev–Trinajstić information content (AvgIpc) is 2.83. The predicted octanol–water partition coefficient (Wildman–Crippen LogP) is 6.13. The molecule has 0 saturated heterocycles. The van der Waals surface area contributed by atoms with Crippen LogP contribution < -0.4 is 5.32 Å². The van der Waals surface area contributed by atoms with Gasteiger partial charge in [0, 0.05) is 17.0 Å². The smallest absolute Gasteiger partial charge is 0.339 e. The SMILES string of the molecule is Cc1cc(F)ccc1C(=O)OC(C)(C)C(=O)NC(C)C(Cc1ccc(Cl)cc1)c1cccc(C#N)c1. The molecule has 0 aromatic heterocycles. The predicted molar refractivity (Wildman–Crippen MR) is 137 cm³/mol. The van der Waals surface area contributed by atoms with Crippen LogP contribution in [0.5, 0.6) is 0 Å². The lowest BCUT2D eigenvalue weighted by molar-refractivity contribution is -0.138. The van der Waals surface area contributed by atoms with Crippen molar-refractivity contribution in [3.63, 3.8) is 0 Å².